The fourth-order valence-electron chi connectivity index (χ4n) is 19.7. The summed E-state index contributed by atoms with van der Waals surface area (Å²) in [7, 11) is 0. The van der Waals surface area contributed by atoms with Crippen molar-refractivity contribution in [1.82, 2.24) is 0 Å². The number of aliphatic hydroxyl groups excluding tert-OH is 2. The largest absolute Gasteiger partial charge is 0.393 e. The third-order valence-electron chi connectivity index (χ3n) is 23.2. The molecule has 0 amide bonds. The van der Waals surface area contributed by atoms with E-state index in [9.17, 15) is 19.8 Å². The lowest BCUT2D eigenvalue weighted by Crippen LogP contribution is -2.55. The minimum Gasteiger partial charge on any atom is -0.393 e. The molecule has 0 bridgehead atoms. The molecular weight excluding hydrogens is 809 g/mol. The van der Waals surface area contributed by atoms with Crippen LogP contribution in [0, 0.1) is 110 Å². The molecule has 0 saturated heterocycles. The fraction of sp³-hybridized carbons (Fsp3) is 0.871. The minimum atomic E-state index is -0.471. The highest BCUT2D eigenvalue weighted by molar-refractivity contribution is 5.84. The summed E-state index contributed by atoms with van der Waals surface area (Å²) < 4.78 is 0. The molecule has 19 atom stereocenters. The van der Waals surface area contributed by atoms with Gasteiger partial charge in [0.25, 0.3) is 0 Å². The monoisotopic (exact) mass is 909 g/mol. The van der Waals surface area contributed by atoms with E-state index in [0.29, 0.717) is 91.1 Å². The molecule has 0 radical (unpaired) electrons. The Bertz CT molecular complexity index is 1800. The van der Waals surface area contributed by atoms with Gasteiger partial charge in [-0.25, -0.2) is 0 Å². The van der Waals surface area contributed by atoms with Gasteiger partial charge in [0.05, 0.1) is 12.2 Å². The van der Waals surface area contributed by atoms with Gasteiger partial charge in [0.1, 0.15) is 11.6 Å². The predicted molar refractivity (Wildman–Crippen MR) is 273 cm³/mol. The molecule has 2 N–H and O–H groups in total. The Morgan fingerprint density at radius 2 is 1.06 bits per heavy atom. The van der Waals surface area contributed by atoms with E-state index in [-0.39, 0.29) is 34.4 Å². The first kappa shape index (κ1) is 50.9. The van der Waals surface area contributed by atoms with Crippen molar-refractivity contribution >= 4 is 11.6 Å². The molecule has 4 heteroatoms. The molecule has 372 valence electrons. The summed E-state index contributed by atoms with van der Waals surface area (Å²) in [6.45, 7) is 29.0. The second-order valence-corrected chi connectivity index (χ2v) is 27.3. The molecule has 4 nitrogen and oxygen atoms in total. The molecule has 3 unspecified atom stereocenters. The number of hydrogen-bond donors (Lipinski definition) is 2. The van der Waals surface area contributed by atoms with Gasteiger partial charge >= 0.3 is 0 Å². The predicted octanol–water partition coefficient (Wildman–Crippen LogP) is 15.4. The van der Waals surface area contributed by atoms with E-state index < -0.39 is 12.2 Å². The topological polar surface area (TPSA) is 74.6 Å². The highest BCUT2D eigenvalue weighted by Crippen LogP contribution is 2.70. The van der Waals surface area contributed by atoms with Gasteiger partial charge in [0.15, 0.2) is 0 Å². The summed E-state index contributed by atoms with van der Waals surface area (Å²) in [6.07, 6.45) is 30.7. The maximum Gasteiger partial charge on any atom is 0.137 e. The van der Waals surface area contributed by atoms with Crippen LogP contribution in [0.3, 0.4) is 0 Å². The van der Waals surface area contributed by atoms with E-state index in [1.807, 2.05) is 6.08 Å². The molecular formula is C62H100O4. The van der Waals surface area contributed by atoms with Crippen molar-refractivity contribution in [3.8, 4) is 0 Å². The van der Waals surface area contributed by atoms with Gasteiger partial charge in [0, 0.05) is 35.5 Å². The van der Waals surface area contributed by atoms with Crippen molar-refractivity contribution in [2.75, 3.05) is 0 Å². The number of ketones is 2. The van der Waals surface area contributed by atoms with Crippen LogP contribution in [0.25, 0.3) is 0 Å². The first-order valence-electron chi connectivity index (χ1n) is 28.7. The second-order valence-electron chi connectivity index (χ2n) is 27.3. The Labute approximate surface area is 405 Å². The van der Waals surface area contributed by atoms with Gasteiger partial charge in [-0.2, -0.15) is 0 Å². The molecule has 8 rings (SSSR count). The summed E-state index contributed by atoms with van der Waals surface area (Å²) >= 11 is 0. The van der Waals surface area contributed by atoms with Crippen molar-refractivity contribution in [2.24, 2.45) is 110 Å². The van der Waals surface area contributed by atoms with Crippen molar-refractivity contribution in [3.63, 3.8) is 0 Å². The summed E-state index contributed by atoms with van der Waals surface area (Å²) in [5.41, 5.74) is 3.09. The SMILES string of the molecule is C=CC(CCC(=O)C1C[C@H](O)CC2=CC[C@H]3[C@@H]4CC[C@H]([C@H](C)CCCC(C)C)[C@@]4(C)CC[C@@H]3[C@@]21C)CC(=O)C1C[C@H](O)CC2=CC[C@H]3[C@@H]4CC[C@H]([C@H](C)CCCC(C)C)[C@@]4(C)CC[C@@H]3[C@@]21C. The molecule has 0 aliphatic heterocycles. The third kappa shape index (κ3) is 9.06. The normalized spacial score (nSPS) is 44.2. The van der Waals surface area contributed by atoms with E-state index in [1.54, 1.807) is 0 Å². The number of aliphatic hydroxyl groups is 2. The zero-order chi connectivity index (χ0) is 47.5. The third-order valence-corrected chi connectivity index (χ3v) is 23.2. The summed E-state index contributed by atoms with van der Waals surface area (Å²) in [5, 5.41) is 22.7. The maximum absolute atomic E-state index is 15.0. The van der Waals surface area contributed by atoms with Gasteiger partial charge in [-0.15, -0.1) is 6.58 Å². The smallest absolute Gasteiger partial charge is 0.137 e. The van der Waals surface area contributed by atoms with Crippen LogP contribution in [0.15, 0.2) is 36.0 Å². The molecule has 0 heterocycles. The van der Waals surface area contributed by atoms with Crippen LogP contribution < -0.4 is 0 Å². The number of carbonyl (C=O) groups excluding carboxylic acids is 2. The van der Waals surface area contributed by atoms with Crippen LogP contribution >= 0.6 is 0 Å². The van der Waals surface area contributed by atoms with Gasteiger partial charge in [-0.3, -0.25) is 9.59 Å². The molecule has 0 aromatic carbocycles. The fourth-order valence-corrected chi connectivity index (χ4v) is 19.7. The lowest BCUT2D eigenvalue weighted by atomic mass is 9.44. The first-order chi connectivity index (χ1) is 31.3. The standard InChI is InChI=1S/C62H100O4/c1-12-42(33-58(66)56-37-46(64)35-44-21-23-48-52-27-25-50(41(7)18-14-16-39(4)5)60(52,9)32-30-54(48)62(44,56)11)19-28-57(65)55-36-45(63)34-43-20-22-47-51-26-24-49(40(6)17-13-15-38(2)3)59(51,8)31-29-53(47)61(43,55)10/h12,20-21,38-42,45-56,63-64H,1,13-19,22-37H2,2-11H3/t40-,41-,42?,45-,46-,47+,48+,49-,50-,51+,52+,53+,54+,55?,56?,59-,60-,61-,62-/m1/s1. The van der Waals surface area contributed by atoms with Crippen LogP contribution in [0.5, 0.6) is 0 Å². The van der Waals surface area contributed by atoms with Gasteiger partial charge in [-0.05, 0) is 184 Å². The van der Waals surface area contributed by atoms with Gasteiger partial charge < -0.3 is 10.2 Å². The van der Waals surface area contributed by atoms with Crippen LogP contribution in [-0.4, -0.2) is 34.0 Å². The van der Waals surface area contributed by atoms with Crippen molar-refractivity contribution < 1.29 is 19.8 Å². The molecule has 6 saturated carbocycles. The summed E-state index contributed by atoms with van der Waals surface area (Å²) in [6, 6.07) is 0. The van der Waals surface area contributed by atoms with Gasteiger partial charge in [-0.1, -0.05) is 137 Å². The molecule has 0 spiro atoms. The number of allylic oxidation sites excluding steroid dienone is 3. The van der Waals surface area contributed by atoms with Crippen LogP contribution in [0.1, 0.15) is 217 Å². The van der Waals surface area contributed by atoms with Crippen LogP contribution in [-0.2, 0) is 9.59 Å². The molecule has 0 aromatic rings. The number of carbonyl (C=O) groups is 2. The van der Waals surface area contributed by atoms with E-state index in [2.05, 4.69) is 88.0 Å². The highest BCUT2D eigenvalue weighted by Gasteiger charge is 2.64. The Balaban J connectivity index is 0.931. The highest BCUT2D eigenvalue weighted by atomic mass is 16.3. The number of rotatable bonds is 18. The minimum absolute atomic E-state index is 0.0675. The Morgan fingerprint density at radius 1 is 0.621 bits per heavy atom. The number of fused-ring (bicyclic) bond motifs is 10. The van der Waals surface area contributed by atoms with Crippen LogP contribution in [0.2, 0.25) is 0 Å². The van der Waals surface area contributed by atoms with Crippen LogP contribution in [0.4, 0.5) is 0 Å². The Kier molecular flexibility index (Phi) is 15.4. The Hall–Kier alpha value is -1.52. The molecule has 8 aliphatic rings. The average Bonchev–Trinajstić information content (AvgIpc) is 3.81. The lowest BCUT2D eigenvalue weighted by Gasteiger charge is -2.60. The number of Topliss-reactive ketones (excluding diaryl/α,β-unsaturated/α-hetero) is 2. The van der Waals surface area contributed by atoms with Crippen molar-refractivity contribution in [2.45, 2.75) is 229 Å². The van der Waals surface area contributed by atoms with E-state index >= 15 is 0 Å². The first-order valence-corrected chi connectivity index (χ1v) is 28.7. The van der Waals surface area contributed by atoms with E-state index in [4.69, 9.17) is 0 Å². The zero-order valence-corrected chi connectivity index (χ0v) is 44.2. The van der Waals surface area contributed by atoms with E-state index in [1.165, 1.54) is 101 Å². The van der Waals surface area contributed by atoms with Gasteiger partial charge in [0.2, 0.25) is 0 Å². The van der Waals surface area contributed by atoms with E-state index in [0.717, 1.165) is 54.3 Å². The average molecular weight is 909 g/mol. The summed E-state index contributed by atoms with van der Waals surface area (Å²) in [5.74, 6) is 8.51. The molecule has 8 aliphatic carbocycles. The van der Waals surface area contributed by atoms with Crippen molar-refractivity contribution in [1.29, 1.82) is 0 Å². The maximum atomic E-state index is 15.0. The second kappa shape index (κ2) is 19.9. The van der Waals surface area contributed by atoms with Crippen molar-refractivity contribution in [3.05, 3.63) is 36.0 Å². The molecule has 66 heavy (non-hydrogen) atoms. The molecule has 0 aromatic heterocycles. The molecule has 6 fully saturated rings. The zero-order valence-electron chi connectivity index (χ0n) is 44.2. The summed E-state index contributed by atoms with van der Waals surface area (Å²) in [4.78, 5) is 29.8. The quantitative estimate of drug-likeness (QED) is 0.134. The Morgan fingerprint density at radius 3 is 1.48 bits per heavy atom. The lowest BCUT2D eigenvalue weighted by molar-refractivity contribution is -0.139. The number of hydrogen-bond acceptors (Lipinski definition) is 4.